The van der Waals surface area contributed by atoms with E-state index in [1.807, 2.05) is 4.90 Å². The summed E-state index contributed by atoms with van der Waals surface area (Å²) in [5, 5.41) is 11.3. The molecule has 2 rings (SSSR count). The molecular weight excluding hydrogens is 324 g/mol. The molecule has 1 unspecified atom stereocenters. The van der Waals surface area contributed by atoms with Gasteiger partial charge in [0.2, 0.25) is 5.91 Å². The van der Waals surface area contributed by atoms with E-state index in [4.69, 9.17) is 0 Å². The summed E-state index contributed by atoms with van der Waals surface area (Å²) >= 11 is 6.81. The van der Waals surface area contributed by atoms with Crippen LogP contribution in [0.25, 0.3) is 0 Å². The Bertz CT molecular complexity index is 333. The number of hydrogen-bond acceptors (Lipinski definition) is 7. The van der Waals surface area contributed by atoms with Crippen molar-refractivity contribution in [2.45, 2.75) is 12.5 Å². The zero-order chi connectivity index (χ0) is 13.7. The third kappa shape index (κ3) is 4.66. The van der Waals surface area contributed by atoms with Crippen molar-refractivity contribution in [2.75, 3.05) is 33.7 Å². The van der Waals surface area contributed by atoms with Crippen molar-refractivity contribution in [3.63, 3.8) is 0 Å². The van der Waals surface area contributed by atoms with Crippen molar-refractivity contribution in [1.29, 1.82) is 0 Å². The van der Waals surface area contributed by atoms with E-state index in [1.54, 1.807) is 51.9 Å². The number of carboxylic acid groups (broad SMARTS) is 1. The molecule has 2 saturated heterocycles. The highest BCUT2D eigenvalue weighted by atomic mass is 32.2. The minimum absolute atomic E-state index is 0.0485. The van der Waals surface area contributed by atoms with Gasteiger partial charge in [-0.05, 0) is 0 Å². The monoisotopic (exact) mass is 340 g/mol. The first-order chi connectivity index (χ1) is 9.18. The van der Waals surface area contributed by atoms with Crippen LogP contribution < -0.4 is 0 Å². The van der Waals surface area contributed by atoms with Crippen molar-refractivity contribution in [1.82, 2.24) is 9.80 Å². The third-order valence-electron chi connectivity index (χ3n) is 2.79. The molecule has 19 heavy (non-hydrogen) atoms. The average molecular weight is 341 g/mol. The molecule has 0 radical (unpaired) electrons. The van der Waals surface area contributed by atoms with E-state index in [-0.39, 0.29) is 12.3 Å². The number of thioether (sulfide) groups is 4. The lowest BCUT2D eigenvalue weighted by Crippen LogP contribution is -2.46. The van der Waals surface area contributed by atoms with E-state index >= 15 is 0 Å². The molecule has 0 saturated carbocycles. The van der Waals surface area contributed by atoms with E-state index in [0.29, 0.717) is 23.5 Å². The summed E-state index contributed by atoms with van der Waals surface area (Å²) in [5.41, 5.74) is 0. The second kappa shape index (κ2) is 7.92. The molecular formula is C10H16N2O3S4. The van der Waals surface area contributed by atoms with Crippen LogP contribution >= 0.6 is 47.0 Å². The van der Waals surface area contributed by atoms with Gasteiger partial charge in [0, 0.05) is 21.9 Å². The van der Waals surface area contributed by atoms with E-state index in [0.717, 1.165) is 10.2 Å². The highest BCUT2D eigenvalue weighted by Crippen LogP contribution is 2.26. The fraction of sp³-hybridized carbons (Fsp3) is 0.800. The molecule has 1 N–H and O–H groups in total. The van der Waals surface area contributed by atoms with Crippen LogP contribution in [0.4, 0.5) is 0 Å². The molecule has 2 heterocycles. The second-order valence-corrected chi connectivity index (χ2v) is 8.70. The lowest BCUT2D eigenvalue weighted by Gasteiger charge is -2.33. The molecule has 2 fully saturated rings. The predicted molar refractivity (Wildman–Crippen MR) is 84.3 cm³/mol. The first-order valence-electron chi connectivity index (χ1n) is 5.74. The van der Waals surface area contributed by atoms with Crippen LogP contribution in [0.3, 0.4) is 0 Å². The highest BCUT2D eigenvalue weighted by Gasteiger charge is 2.31. The minimum atomic E-state index is -0.895. The zero-order valence-electron chi connectivity index (χ0n) is 10.3. The van der Waals surface area contributed by atoms with Gasteiger partial charge in [0.05, 0.1) is 18.2 Å². The Labute approximate surface area is 129 Å². The Morgan fingerprint density at radius 2 is 1.53 bits per heavy atom. The normalized spacial score (nSPS) is 23.1. The molecule has 9 heteroatoms. The summed E-state index contributed by atoms with van der Waals surface area (Å²) in [4.78, 5) is 27.2. The zero-order valence-corrected chi connectivity index (χ0v) is 13.6. The fourth-order valence-corrected chi connectivity index (χ4v) is 6.08. The summed E-state index contributed by atoms with van der Waals surface area (Å²) in [6.07, 6.45) is 0.0809. The summed E-state index contributed by atoms with van der Waals surface area (Å²) < 4.78 is 0. The van der Waals surface area contributed by atoms with Crippen LogP contribution in [0.5, 0.6) is 0 Å². The highest BCUT2D eigenvalue weighted by molar-refractivity contribution is 8.16. The summed E-state index contributed by atoms with van der Waals surface area (Å²) in [7, 11) is 0. The molecule has 0 aromatic carbocycles. The first-order valence-corrected chi connectivity index (χ1v) is 10.4. The molecule has 2 aliphatic rings. The Morgan fingerprint density at radius 3 is 2.05 bits per heavy atom. The quantitative estimate of drug-likeness (QED) is 0.829. The molecule has 1 amide bonds. The van der Waals surface area contributed by atoms with Gasteiger partial charge in [-0.15, -0.1) is 47.0 Å². The Morgan fingerprint density at radius 1 is 1.00 bits per heavy atom. The number of nitrogens with zero attached hydrogens (tertiary/aromatic N) is 2. The van der Waals surface area contributed by atoms with Gasteiger partial charge in [0.25, 0.3) is 0 Å². The number of amides is 1. The van der Waals surface area contributed by atoms with Crippen LogP contribution in [0, 0.1) is 0 Å². The van der Waals surface area contributed by atoms with Crippen LogP contribution in [0.15, 0.2) is 0 Å². The van der Waals surface area contributed by atoms with Gasteiger partial charge >= 0.3 is 5.97 Å². The molecule has 5 nitrogen and oxygen atoms in total. The van der Waals surface area contributed by atoms with Crippen molar-refractivity contribution in [2.24, 2.45) is 0 Å². The fourth-order valence-electron chi connectivity index (χ4n) is 1.79. The van der Waals surface area contributed by atoms with Crippen molar-refractivity contribution < 1.29 is 14.7 Å². The van der Waals surface area contributed by atoms with Gasteiger partial charge in [0.15, 0.2) is 0 Å². The molecule has 0 spiro atoms. The topological polar surface area (TPSA) is 60.9 Å². The maximum absolute atomic E-state index is 12.2. The summed E-state index contributed by atoms with van der Waals surface area (Å²) in [5.74, 6) is 1.81. The van der Waals surface area contributed by atoms with E-state index < -0.39 is 12.0 Å². The van der Waals surface area contributed by atoms with Gasteiger partial charge in [-0.25, -0.2) is 0 Å². The minimum Gasteiger partial charge on any atom is -0.480 e. The maximum Gasteiger partial charge on any atom is 0.321 e. The molecule has 108 valence electrons. The SMILES string of the molecule is O=C(O)C(CC(=O)N1CSCSC1)N1CSCSC1. The smallest absolute Gasteiger partial charge is 0.321 e. The first kappa shape index (κ1) is 15.7. The lowest BCUT2D eigenvalue weighted by atomic mass is 10.2. The lowest BCUT2D eigenvalue weighted by molar-refractivity contribution is -0.146. The Kier molecular flexibility index (Phi) is 6.54. The number of rotatable bonds is 4. The van der Waals surface area contributed by atoms with E-state index in [9.17, 15) is 14.7 Å². The van der Waals surface area contributed by atoms with Gasteiger partial charge in [-0.2, -0.15) is 0 Å². The van der Waals surface area contributed by atoms with Gasteiger partial charge in [-0.3, -0.25) is 14.5 Å². The number of carboxylic acids is 1. The molecule has 1 atom stereocenters. The largest absolute Gasteiger partial charge is 0.480 e. The van der Waals surface area contributed by atoms with Crippen molar-refractivity contribution in [3.8, 4) is 0 Å². The van der Waals surface area contributed by atoms with Crippen LogP contribution in [0.2, 0.25) is 0 Å². The van der Waals surface area contributed by atoms with Crippen LogP contribution in [-0.4, -0.2) is 66.5 Å². The van der Waals surface area contributed by atoms with Gasteiger partial charge < -0.3 is 10.0 Å². The standard InChI is InChI=1S/C10H16N2O3S4/c13-9(12-4-18-7-19-5-12)1-8(10(14)15)11-2-16-6-17-3-11/h8H,1-7H2,(H,14,15). The molecule has 2 aliphatic heterocycles. The third-order valence-corrected chi connectivity index (χ3v) is 7.47. The van der Waals surface area contributed by atoms with E-state index in [2.05, 4.69) is 0 Å². The molecule has 0 aromatic rings. The van der Waals surface area contributed by atoms with E-state index in [1.165, 1.54) is 0 Å². The van der Waals surface area contributed by atoms with Crippen LogP contribution in [-0.2, 0) is 9.59 Å². The van der Waals surface area contributed by atoms with Gasteiger partial charge in [-0.1, -0.05) is 0 Å². The molecule has 0 aromatic heterocycles. The Hall–Kier alpha value is 0.300. The molecule has 0 bridgehead atoms. The Balaban J connectivity index is 1.91. The molecule has 0 aliphatic carbocycles. The number of carbonyl (C=O) groups is 2. The number of carbonyl (C=O) groups excluding carboxylic acids is 1. The predicted octanol–water partition coefficient (Wildman–Crippen LogP) is 1.67. The number of hydrogen-bond donors (Lipinski definition) is 1. The summed E-state index contributed by atoms with van der Waals surface area (Å²) in [6.45, 7) is 0. The number of aliphatic carboxylic acids is 1. The van der Waals surface area contributed by atoms with Crippen molar-refractivity contribution in [3.05, 3.63) is 0 Å². The van der Waals surface area contributed by atoms with Crippen molar-refractivity contribution >= 4 is 58.9 Å². The maximum atomic E-state index is 12.2. The summed E-state index contributed by atoms with van der Waals surface area (Å²) in [6, 6.07) is -0.690. The van der Waals surface area contributed by atoms with Gasteiger partial charge in [0.1, 0.15) is 6.04 Å². The van der Waals surface area contributed by atoms with Crippen LogP contribution in [0.1, 0.15) is 6.42 Å². The average Bonchev–Trinajstić information content (AvgIpc) is 2.46. The second-order valence-electron chi connectivity index (χ2n) is 4.15.